The first-order valence-corrected chi connectivity index (χ1v) is 1.95. The van der Waals surface area contributed by atoms with Gasteiger partial charge in [-0.15, -0.1) is 0 Å². The molecule has 2 nitrogen and oxygen atoms in total. The van der Waals surface area contributed by atoms with Crippen molar-refractivity contribution in [3.05, 3.63) is 0 Å². The smallest absolute Gasteiger partial charge is 0.0773 e. The maximum absolute atomic E-state index is 8.21. The molecule has 0 aromatic carbocycles. The average Bonchev–Trinajstić information content (AvgIpc) is 1.65. The zero-order valence-electron chi connectivity index (χ0n) is 4.64. The Hall–Kier alpha value is 0.803. The number of rotatable bonds is 2. The largest absolute Gasteiger partial charge is 0.394 e. The van der Waals surface area contributed by atoms with Gasteiger partial charge in [0.1, 0.15) is 0 Å². The van der Waals surface area contributed by atoms with Gasteiger partial charge in [0.25, 0.3) is 0 Å². The van der Waals surface area contributed by atoms with Crippen LogP contribution in [0.25, 0.3) is 0 Å². The van der Waals surface area contributed by atoms with Gasteiger partial charge < -0.3 is 9.84 Å². The van der Waals surface area contributed by atoms with Crippen LogP contribution in [0.5, 0.6) is 0 Å². The van der Waals surface area contributed by atoms with Crippen molar-refractivity contribution >= 4 is 0 Å². The van der Waals surface area contributed by atoms with E-state index in [1.165, 1.54) is 0 Å². The number of methoxy groups -OCH3 is 1. The molecule has 0 aromatic rings. The van der Waals surface area contributed by atoms with Gasteiger partial charge in [-0.05, 0) is 6.92 Å². The molecule has 0 bridgehead atoms. The van der Waals surface area contributed by atoms with Crippen LogP contribution in [-0.4, -0.2) is 24.9 Å². The van der Waals surface area contributed by atoms with Crippen LogP contribution in [0.3, 0.4) is 0 Å². The van der Waals surface area contributed by atoms with Crippen molar-refractivity contribution in [3.63, 3.8) is 0 Å². The van der Waals surface area contributed by atoms with E-state index in [1.54, 1.807) is 14.0 Å². The Morgan fingerprint density at radius 1 is 1.71 bits per heavy atom. The molecular formula is C4H10O2Zr. The summed E-state index contributed by atoms with van der Waals surface area (Å²) in [7, 11) is 1.57. The van der Waals surface area contributed by atoms with Crippen LogP contribution in [0.2, 0.25) is 0 Å². The summed E-state index contributed by atoms with van der Waals surface area (Å²) in [5.74, 6) is 0. The molecule has 7 heavy (non-hydrogen) atoms. The second kappa shape index (κ2) is 6.80. The molecule has 0 aromatic heterocycles. The third-order valence-corrected chi connectivity index (χ3v) is 0.659. The van der Waals surface area contributed by atoms with Crippen molar-refractivity contribution in [2.24, 2.45) is 0 Å². The molecule has 0 saturated carbocycles. The molecule has 3 heteroatoms. The summed E-state index contributed by atoms with van der Waals surface area (Å²) < 4.78 is 4.65. The summed E-state index contributed by atoms with van der Waals surface area (Å²) in [6.45, 7) is 1.91. The van der Waals surface area contributed by atoms with E-state index in [2.05, 4.69) is 4.74 Å². The predicted molar refractivity (Wildman–Crippen MR) is 23.6 cm³/mol. The Balaban J connectivity index is 0. The summed E-state index contributed by atoms with van der Waals surface area (Å²) in [6.07, 6.45) is -0.00926. The molecule has 0 fully saturated rings. The Morgan fingerprint density at radius 2 is 2.14 bits per heavy atom. The van der Waals surface area contributed by atoms with Crippen molar-refractivity contribution in [3.8, 4) is 0 Å². The van der Waals surface area contributed by atoms with Crippen LogP contribution in [0.1, 0.15) is 6.92 Å². The van der Waals surface area contributed by atoms with E-state index in [0.717, 1.165) is 0 Å². The zero-order chi connectivity index (χ0) is 4.99. The summed E-state index contributed by atoms with van der Waals surface area (Å²) in [4.78, 5) is 0. The van der Waals surface area contributed by atoms with Crippen LogP contribution in [-0.2, 0) is 30.9 Å². The molecule has 0 radical (unpaired) electrons. The first-order chi connectivity index (χ1) is 2.81. The maximum Gasteiger partial charge on any atom is 0.0773 e. The third-order valence-electron chi connectivity index (χ3n) is 0.659. The van der Waals surface area contributed by atoms with E-state index in [4.69, 9.17) is 5.11 Å². The number of aliphatic hydroxyl groups excluding tert-OH is 1. The van der Waals surface area contributed by atoms with Crippen molar-refractivity contribution in [1.82, 2.24) is 0 Å². The minimum atomic E-state index is -0.00926. The Labute approximate surface area is 63.0 Å². The van der Waals surface area contributed by atoms with Gasteiger partial charge in [-0.25, -0.2) is 0 Å². The fraction of sp³-hybridized carbons (Fsp3) is 1.00. The van der Waals surface area contributed by atoms with E-state index in [1.807, 2.05) is 0 Å². The van der Waals surface area contributed by atoms with Crippen LogP contribution in [0.4, 0.5) is 0 Å². The Bertz CT molecular complexity index is 28.9. The van der Waals surface area contributed by atoms with Crippen molar-refractivity contribution in [2.75, 3.05) is 13.7 Å². The van der Waals surface area contributed by atoms with Crippen molar-refractivity contribution in [2.45, 2.75) is 13.0 Å². The summed E-state index contributed by atoms with van der Waals surface area (Å²) in [5.41, 5.74) is 0. The molecule has 0 amide bonds. The van der Waals surface area contributed by atoms with Gasteiger partial charge in [0.15, 0.2) is 0 Å². The van der Waals surface area contributed by atoms with Gasteiger partial charge in [-0.3, -0.25) is 0 Å². The molecule has 0 rings (SSSR count). The molecule has 0 aliphatic carbocycles. The van der Waals surface area contributed by atoms with Crippen LogP contribution < -0.4 is 0 Å². The first-order valence-electron chi connectivity index (χ1n) is 1.95. The summed E-state index contributed by atoms with van der Waals surface area (Å²) in [6, 6.07) is 0. The van der Waals surface area contributed by atoms with E-state index >= 15 is 0 Å². The molecular weight excluding hydrogens is 171 g/mol. The standard InChI is InChI=1S/C4H10O2.Zr/c1-4(3-5)6-2;/h4-5H,3H2,1-2H3;. The second-order valence-corrected chi connectivity index (χ2v) is 1.23. The van der Waals surface area contributed by atoms with E-state index in [9.17, 15) is 0 Å². The molecule has 1 N–H and O–H groups in total. The predicted octanol–water partition coefficient (Wildman–Crippen LogP) is 0.0111. The SMILES string of the molecule is COC(C)CO.[Zr]. The van der Waals surface area contributed by atoms with Gasteiger partial charge in [0, 0.05) is 33.3 Å². The van der Waals surface area contributed by atoms with Gasteiger partial charge in [0.2, 0.25) is 0 Å². The fourth-order valence-electron chi connectivity index (χ4n) is 0.0745. The molecule has 1 unspecified atom stereocenters. The summed E-state index contributed by atoms with van der Waals surface area (Å²) in [5, 5.41) is 8.21. The topological polar surface area (TPSA) is 29.5 Å². The second-order valence-electron chi connectivity index (χ2n) is 1.23. The molecule has 42 valence electrons. The van der Waals surface area contributed by atoms with Crippen molar-refractivity contribution < 1.29 is 36.0 Å². The fourth-order valence-corrected chi connectivity index (χ4v) is 0.0745. The van der Waals surface area contributed by atoms with Crippen LogP contribution in [0.15, 0.2) is 0 Å². The van der Waals surface area contributed by atoms with Crippen LogP contribution in [0, 0.1) is 0 Å². The number of aliphatic hydroxyl groups is 1. The number of ether oxygens (including phenoxy) is 1. The van der Waals surface area contributed by atoms with E-state index in [-0.39, 0.29) is 38.9 Å². The number of hydrogen-bond donors (Lipinski definition) is 1. The first kappa shape index (κ1) is 10.7. The summed E-state index contributed by atoms with van der Waals surface area (Å²) >= 11 is 0. The molecule has 0 saturated heterocycles. The van der Waals surface area contributed by atoms with E-state index < -0.39 is 0 Å². The minimum absolute atomic E-state index is 0. The minimum Gasteiger partial charge on any atom is -0.394 e. The quantitative estimate of drug-likeness (QED) is 0.650. The van der Waals surface area contributed by atoms with Gasteiger partial charge >= 0.3 is 0 Å². The molecule has 1 atom stereocenters. The van der Waals surface area contributed by atoms with E-state index in [0.29, 0.717) is 0 Å². The molecule has 0 heterocycles. The Morgan fingerprint density at radius 3 is 2.14 bits per heavy atom. The molecule has 0 aliphatic heterocycles. The monoisotopic (exact) mass is 180 g/mol. The maximum atomic E-state index is 8.21. The Kier molecular flexibility index (Phi) is 10.4. The van der Waals surface area contributed by atoms with Crippen LogP contribution >= 0.6 is 0 Å². The van der Waals surface area contributed by atoms with Crippen molar-refractivity contribution in [1.29, 1.82) is 0 Å². The van der Waals surface area contributed by atoms with Gasteiger partial charge in [-0.2, -0.15) is 0 Å². The van der Waals surface area contributed by atoms with Gasteiger partial charge in [-0.1, -0.05) is 0 Å². The number of hydrogen-bond acceptors (Lipinski definition) is 2. The van der Waals surface area contributed by atoms with Gasteiger partial charge in [0.05, 0.1) is 12.7 Å². The third kappa shape index (κ3) is 6.80. The normalized spacial score (nSPS) is 12.4. The zero-order valence-corrected chi connectivity index (χ0v) is 7.10. The molecule has 0 aliphatic rings. The molecule has 0 spiro atoms. The average molecular weight is 181 g/mol.